The third-order valence-corrected chi connectivity index (χ3v) is 2.53. The van der Waals surface area contributed by atoms with Gasteiger partial charge in [-0.25, -0.2) is 4.79 Å². The van der Waals surface area contributed by atoms with Crippen LogP contribution in [-0.2, 0) is 17.6 Å². The van der Waals surface area contributed by atoms with Gasteiger partial charge in [-0.05, 0) is 30.0 Å². The van der Waals surface area contributed by atoms with Crippen LogP contribution in [0.5, 0.6) is 0 Å². The van der Waals surface area contributed by atoms with Crippen LogP contribution >= 0.6 is 0 Å². The van der Waals surface area contributed by atoms with Crippen molar-refractivity contribution < 1.29 is 9.53 Å². The molecule has 0 fully saturated rings. The molecule has 3 nitrogen and oxygen atoms in total. The molecule has 0 heterocycles. The van der Waals surface area contributed by atoms with Gasteiger partial charge in [0.1, 0.15) is 6.61 Å². The van der Waals surface area contributed by atoms with Gasteiger partial charge >= 0.3 is 5.97 Å². The molecule has 16 heavy (non-hydrogen) atoms. The van der Waals surface area contributed by atoms with Crippen molar-refractivity contribution in [2.24, 2.45) is 5.73 Å². The molecule has 1 aromatic rings. The number of aryl methyl sites for hydroxylation is 2. The van der Waals surface area contributed by atoms with Gasteiger partial charge in [0.05, 0.1) is 5.56 Å². The number of ether oxygens (including phenoxy) is 1. The molecule has 0 aliphatic carbocycles. The van der Waals surface area contributed by atoms with Crippen molar-refractivity contribution in [1.29, 1.82) is 0 Å². The molecule has 88 valence electrons. The fourth-order valence-corrected chi connectivity index (χ4v) is 1.59. The monoisotopic (exact) mass is 221 g/mol. The Balaban J connectivity index is 2.90. The molecule has 0 aromatic heterocycles. The van der Waals surface area contributed by atoms with Crippen molar-refractivity contribution in [3.8, 4) is 0 Å². The number of hydrogen-bond donors (Lipinski definition) is 1. The maximum absolute atomic E-state index is 11.7. The molecular formula is C13H19NO2. The summed E-state index contributed by atoms with van der Waals surface area (Å²) in [6.07, 6.45) is 1.81. The summed E-state index contributed by atoms with van der Waals surface area (Å²) in [6.45, 7) is 4.77. The Morgan fingerprint density at radius 1 is 1.31 bits per heavy atom. The average Bonchev–Trinajstić information content (AvgIpc) is 2.34. The lowest BCUT2D eigenvalue weighted by Gasteiger charge is -2.09. The fourth-order valence-electron chi connectivity index (χ4n) is 1.59. The number of nitrogens with two attached hydrogens (primary N) is 1. The lowest BCUT2D eigenvalue weighted by Crippen LogP contribution is -2.15. The predicted molar refractivity (Wildman–Crippen MR) is 64.5 cm³/mol. The Morgan fingerprint density at radius 2 is 2.06 bits per heavy atom. The van der Waals surface area contributed by atoms with Gasteiger partial charge < -0.3 is 10.5 Å². The topological polar surface area (TPSA) is 52.3 Å². The molecule has 0 unspecified atom stereocenters. The van der Waals surface area contributed by atoms with Gasteiger partial charge in [0, 0.05) is 6.54 Å². The molecule has 0 aliphatic heterocycles. The minimum absolute atomic E-state index is 0.273. The minimum atomic E-state index is -0.273. The molecule has 0 saturated heterocycles. The van der Waals surface area contributed by atoms with Gasteiger partial charge in [-0.15, -0.1) is 0 Å². The number of carbonyl (C=O) groups is 1. The van der Waals surface area contributed by atoms with Gasteiger partial charge in [-0.1, -0.05) is 26.0 Å². The molecule has 0 radical (unpaired) electrons. The molecule has 0 bridgehead atoms. The summed E-state index contributed by atoms with van der Waals surface area (Å²) < 4.78 is 5.03. The zero-order chi connectivity index (χ0) is 12.0. The highest BCUT2D eigenvalue weighted by Crippen LogP contribution is 2.14. The Bertz CT molecular complexity index is 361. The van der Waals surface area contributed by atoms with Crippen molar-refractivity contribution in [1.82, 2.24) is 0 Å². The fraction of sp³-hybridized carbons (Fsp3) is 0.462. The van der Waals surface area contributed by atoms with E-state index in [-0.39, 0.29) is 12.6 Å². The second kappa shape index (κ2) is 6.28. The average molecular weight is 221 g/mol. The van der Waals surface area contributed by atoms with Crippen LogP contribution in [-0.4, -0.2) is 19.1 Å². The second-order valence-corrected chi connectivity index (χ2v) is 3.62. The highest BCUT2D eigenvalue weighted by Gasteiger charge is 2.11. The van der Waals surface area contributed by atoms with E-state index >= 15 is 0 Å². The third kappa shape index (κ3) is 3.07. The molecular weight excluding hydrogens is 202 g/mol. The molecule has 3 heteroatoms. The second-order valence-electron chi connectivity index (χ2n) is 3.62. The normalized spacial score (nSPS) is 10.2. The van der Waals surface area contributed by atoms with E-state index in [0.717, 1.165) is 18.4 Å². The number of benzene rings is 1. The van der Waals surface area contributed by atoms with E-state index < -0.39 is 0 Å². The Morgan fingerprint density at radius 3 is 2.62 bits per heavy atom. The first-order valence-electron chi connectivity index (χ1n) is 5.71. The smallest absolute Gasteiger partial charge is 0.338 e. The lowest BCUT2D eigenvalue weighted by atomic mass is 10.0. The Hall–Kier alpha value is -1.35. The molecule has 0 saturated carbocycles. The summed E-state index contributed by atoms with van der Waals surface area (Å²) >= 11 is 0. The van der Waals surface area contributed by atoms with Gasteiger partial charge in [0.15, 0.2) is 0 Å². The van der Waals surface area contributed by atoms with Gasteiger partial charge in [0.25, 0.3) is 0 Å². The Kier molecular flexibility index (Phi) is 4.99. The van der Waals surface area contributed by atoms with Crippen LogP contribution < -0.4 is 5.73 Å². The number of esters is 1. The highest BCUT2D eigenvalue weighted by atomic mass is 16.5. The molecule has 0 spiro atoms. The van der Waals surface area contributed by atoms with E-state index in [0.29, 0.717) is 12.1 Å². The summed E-state index contributed by atoms with van der Waals surface area (Å²) in [7, 11) is 0. The van der Waals surface area contributed by atoms with E-state index in [2.05, 4.69) is 13.0 Å². The first kappa shape index (κ1) is 12.7. The number of rotatable bonds is 5. The Labute approximate surface area is 96.6 Å². The largest absolute Gasteiger partial charge is 0.461 e. The van der Waals surface area contributed by atoms with Crippen molar-refractivity contribution >= 4 is 5.97 Å². The van der Waals surface area contributed by atoms with E-state index in [4.69, 9.17) is 10.5 Å². The third-order valence-electron chi connectivity index (χ3n) is 2.53. The molecule has 2 N–H and O–H groups in total. The predicted octanol–water partition coefficient (Wildman–Crippen LogP) is 1.93. The summed E-state index contributed by atoms with van der Waals surface area (Å²) in [4.78, 5) is 11.7. The molecule has 0 aliphatic rings. The summed E-state index contributed by atoms with van der Waals surface area (Å²) in [6, 6.07) is 5.88. The first-order chi connectivity index (χ1) is 7.72. The van der Waals surface area contributed by atoms with Crippen molar-refractivity contribution in [3.63, 3.8) is 0 Å². The van der Waals surface area contributed by atoms with Crippen LogP contribution in [0, 0.1) is 0 Å². The standard InChI is InChI=1S/C13H19NO2/c1-3-10-5-6-12(11(4-2)9-10)13(15)16-8-7-14/h5-6,9H,3-4,7-8,14H2,1-2H3. The molecule has 1 rings (SSSR count). The van der Waals surface area contributed by atoms with Crippen LogP contribution in [0.4, 0.5) is 0 Å². The maximum atomic E-state index is 11.7. The van der Waals surface area contributed by atoms with Crippen molar-refractivity contribution in [2.75, 3.05) is 13.2 Å². The SMILES string of the molecule is CCc1ccc(C(=O)OCCN)c(CC)c1. The maximum Gasteiger partial charge on any atom is 0.338 e. The zero-order valence-electron chi connectivity index (χ0n) is 9.95. The minimum Gasteiger partial charge on any atom is -0.461 e. The van der Waals surface area contributed by atoms with Crippen molar-refractivity contribution in [3.05, 3.63) is 34.9 Å². The van der Waals surface area contributed by atoms with Gasteiger partial charge in [-0.3, -0.25) is 0 Å². The van der Waals surface area contributed by atoms with Gasteiger partial charge in [0.2, 0.25) is 0 Å². The summed E-state index contributed by atoms with van der Waals surface area (Å²) in [5.74, 6) is -0.273. The van der Waals surface area contributed by atoms with E-state index in [1.807, 2.05) is 19.1 Å². The highest BCUT2D eigenvalue weighted by molar-refractivity contribution is 5.91. The molecule has 0 amide bonds. The molecule has 0 atom stereocenters. The molecule has 1 aromatic carbocycles. The number of carbonyl (C=O) groups excluding carboxylic acids is 1. The quantitative estimate of drug-likeness (QED) is 0.773. The van der Waals surface area contributed by atoms with Crippen molar-refractivity contribution in [2.45, 2.75) is 26.7 Å². The van der Waals surface area contributed by atoms with E-state index in [9.17, 15) is 4.79 Å². The summed E-state index contributed by atoms with van der Waals surface area (Å²) in [5.41, 5.74) is 8.24. The van der Waals surface area contributed by atoms with E-state index in [1.165, 1.54) is 5.56 Å². The van der Waals surface area contributed by atoms with Crippen LogP contribution in [0.3, 0.4) is 0 Å². The zero-order valence-corrected chi connectivity index (χ0v) is 9.95. The number of hydrogen-bond acceptors (Lipinski definition) is 3. The van der Waals surface area contributed by atoms with Crippen LogP contribution in [0.1, 0.15) is 35.3 Å². The van der Waals surface area contributed by atoms with Crippen LogP contribution in [0.15, 0.2) is 18.2 Å². The van der Waals surface area contributed by atoms with Gasteiger partial charge in [-0.2, -0.15) is 0 Å². The van der Waals surface area contributed by atoms with E-state index in [1.54, 1.807) is 0 Å². The first-order valence-corrected chi connectivity index (χ1v) is 5.71. The van der Waals surface area contributed by atoms with Crippen LogP contribution in [0.2, 0.25) is 0 Å². The lowest BCUT2D eigenvalue weighted by molar-refractivity contribution is 0.0515. The summed E-state index contributed by atoms with van der Waals surface area (Å²) in [5, 5.41) is 0. The van der Waals surface area contributed by atoms with Crippen LogP contribution in [0.25, 0.3) is 0 Å².